The molecule has 0 spiro atoms. The molecular formula is C29H44O10. The Balaban J connectivity index is 1.21. The van der Waals surface area contributed by atoms with Crippen molar-refractivity contribution in [2.24, 2.45) is 34.5 Å². The molecule has 0 aromatic carbocycles. The van der Waals surface area contributed by atoms with Gasteiger partial charge in [0.25, 0.3) is 0 Å². The molecule has 220 valence electrons. The molecule has 0 aromatic rings. The number of aliphatic hydroxyl groups excluding tert-OH is 5. The summed E-state index contributed by atoms with van der Waals surface area (Å²) in [7, 11) is 0. The van der Waals surface area contributed by atoms with Crippen molar-refractivity contribution in [3.05, 3.63) is 11.6 Å². The minimum atomic E-state index is -1.36. The molecule has 14 atom stereocenters. The topological polar surface area (TPSA) is 166 Å². The second kappa shape index (κ2) is 9.73. The summed E-state index contributed by atoms with van der Waals surface area (Å²) in [6.45, 7) is 3.78. The van der Waals surface area contributed by atoms with Gasteiger partial charge in [-0.25, -0.2) is 4.79 Å². The fraction of sp³-hybridized carbons (Fsp3) is 0.897. The normalized spacial score (nSPS) is 55.3. The van der Waals surface area contributed by atoms with E-state index in [0.717, 1.165) is 18.4 Å². The largest absolute Gasteiger partial charge is 0.458 e. The molecule has 0 aromatic heterocycles. The number of aliphatic hydroxyl groups is 6. The number of carbonyl (C=O) groups is 1. The van der Waals surface area contributed by atoms with E-state index in [0.29, 0.717) is 38.5 Å². The summed E-state index contributed by atoms with van der Waals surface area (Å²) in [5, 5.41) is 65.6. The number of esters is 1. The molecule has 10 heteroatoms. The van der Waals surface area contributed by atoms with Gasteiger partial charge < -0.3 is 44.8 Å². The summed E-state index contributed by atoms with van der Waals surface area (Å²) in [6.07, 6.45) is 0.0610. The average molecular weight is 553 g/mol. The van der Waals surface area contributed by atoms with E-state index in [4.69, 9.17) is 14.2 Å². The lowest BCUT2D eigenvalue weighted by Crippen LogP contribution is -2.68. The zero-order valence-electron chi connectivity index (χ0n) is 22.8. The van der Waals surface area contributed by atoms with E-state index >= 15 is 0 Å². The number of fused-ring (bicyclic) bond motifs is 5. The van der Waals surface area contributed by atoms with Crippen LogP contribution in [0.5, 0.6) is 0 Å². The van der Waals surface area contributed by atoms with Crippen LogP contribution in [0, 0.1) is 34.5 Å². The van der Waals surface area contributed by atoms with Crippen LogP contribution in [-0.4, -0.2) is 98.3 Å². The Labute approximate surface area is 229 Å². The molecule has 5 fully saturated rings. The standard InChI is InChI=1S/C29H44O10/c1-14-23(33)24(34)25(35)26(38-14)39-17-5-7-28(13-30)16(10-17)3-4-19-20(28)11-21(31)27(2)18(6-8-29(19,27)36)15-9-22(32)37-12-15/h9,14,16-21,23-26,30-31,33-36H,3-8,10-13H2,1-2H3/t14-,16-,17?,18-,19-,20+,21-,23-,24+,25-,26+,27+,28-,29+/m1/s1. The van der Waals surface area contributed by atoms with Crippen LogP contribution in [0.15, 0.2) is 11.6 Å². The van der Waals surface area contributed by atoms with Crippen molar-refractivity contribution in [2.75, 3.05) is 13.2 Å². The van der Waals surface area contributed by atoms with Crippen LogP contribution in [-0.2, 0) is 19.0 Å². The molecule has 6 rings (SSSR count). The third kappa shape index (κ3) is 3.93. The Hall–Kier alpha value is -1.11. The molecule has 10 nitrogen and oxygen atoms in total. The molecule has 1 unspecified atom stereocenters. The van der Waals surface area contributed by atoms with Crippen LogP contribution in [0.3, 0.4) is 0 Å². The van der Waals surface area contributed by atoms with E-state index in [9.17, 15) is 35.4 Å². The van der Waals surface area contributed by atoms with Crippen LogP contribution in [0.4, 0.5) is 0 Å². The molecule has 0 bridgehead atoms. The first-order chi connectivity index (χ1) is 18.5. The number of carbonyl (C=O) groups excluding carboxylic acids is 1. The third-order valence-corrected chi connectivity index (χ3v) is 12.2. The van der Waals surface area contributed by atoms with Crippen molar-refractivity contribution in [3.63, 3.8) is 0 Å². The first-order valence-electron chi connectivity index (χ1n) is 14.7. The number of cyclic esters (lactones) is 1. The molecule has 4 saturated carbocycles. The maximum Gasteiger partial charge on any atom is 0.331 e. The van der Waals surface area contributed by atoms with Crippen molar-refractivity contribution >= 4 is 5.97 Å². The van der Waals surface area contributed by atoms with E-state index in [1.165, 1.54) is 6.08 Å². The smallest absolute Gasteiger partial charge is 0.331 e. The lowest BCUT2D eigenvalue weighted by molar-refractivity contribution is -0.312. The van der Waals surface area contributed by atoms with Gasteiger partial charge in [-0.05, 0) is 93.0 Å². The van der Waals surface area contributed by atoms with Gasteiger partial charge >= 0.3 is 5.97 Å². The lowest BCUT2D eigenvalue weighted by Gasteiger charge is -2.65. The highest BCUT2D eigenvalue weighted by Crippen LogP contribution is 2.70. The van der Waals surface area contributed by atoms with Crippen molar-refractivity contribution in [1.29, 1.82) is 0 Å². The molecule has 1 saturated heterocycles. The number of ether oxygens (including phenoxy) is 3. The SMILES string of the molecule is C[C@H]1O[C@@H](OC2CC[C@@]3(CO)[C@H](CC[C@@H]4[C@@H]3C[C@@H](O)[C@]3(C)[C@@H](C5=CC(=O)OC5)CC[C@]43O)C2)[C@H](O)[C@@H](O)[C@@H]1O. The average Bonchev–Trinajstić information content (AvgIpc) is 3.47. The minimum absolute atomic E-state index is 0.0352. The molecule has 6 aliphatic rings. The quantitative estimate of drug-likeness (QED) is 0.212. The van der Waals surface area contributed by atoms with Crippen LogP contribution in [0.1, 0.15) is 65.2 Å². The van der Waals surface area contributed by atoms with Crippen molar-refractivity contribution in [1.82, 2.24) is 0 Å². The molecule has 0 radical (unpaired) electrons. The lowest BCUT2D eigenvalue weighted by atomic mass is 9.42. The van der Waals surface area contributed by atoms with E-state index < -0.39 is 53.2 Å². The third-order valence-electron chi connectivity index (χ3n) is 12.2. The second-order valence-corrected chi connectivity index (χ2v) is 13.5. The first-order valence-corrected chi connectivity index (χ1v) is 14.7. The molecule has 39 heavy (non-hydrogen) atoms. The second-order valence-electron chi connectivity index (χ2n) is 13.5. The molecular weight excluding hydrogens is 508 g/mol. The van der Waals surface area contributed by atoms with Gasteiger partial charge in [-0.2, -0.15) is 0 Å². The highest BCUT2D eigenvalue weighted by Gasteiger charge is 2.71. The first kappa shape index (κ1) is 28.0. The molecule has 6 N–H and O–H groups in total. The maximum absolute atomic E-state index is 12.4. The summed E-state index contributed by atoms with van der Waals surface area (Å²) in [4.78, 5) is 11.8. The van der Waals surface area contributed by atoms with E-state index in [1.54, 1.807) is 6.92 Å². The van der Waals surface area contributed by atoms with Gasteiger partial charge in [-0.15, -0.1) is 0 Å². The Bertz CT molecular complexity index is 1000. The summed E-state index contributed by atoms with van der Waals surface area (Å²) < 4.78 is 17.0. The summed E-state index contributed by atoms with van der Waals surface area (Å²) in [5.74, 6) is -0.515. The summed E-state index contributed by atoms with van der Waals surface area (Å²) in [5.41, 5.74) is -1.51. The highest BCUT2D eigenvalue weighted by atomic mass is 16.7. The monoisotopic (exact) mass is 552 g/mol. The van der Waals surface area contributed by atoms with Gasteiger partial charge in [-0.3, -0.25) is 0 Å². The Morgan fingerprint density at radius 2 is 1.77 bits per heavy atom. The molecule has 0 amide bonds. The van der Waals surface area contributed by atoms with Crippen LogP contribution < -0.4 is 0 Å². The Kier molecular flexibility index (Phi) is 6.99. The Morgan fingerprint density at radius 1 is 1.00 bits per heavy atom. The van der Waals surface area contributed by atoms with Crippen LogP contribution in [0.2, 0.25) is 0 Å². The summed E-state index contributed by atoms with van der Waals surface area (Å²) >= 11 is 0. The summed E-state index contributed by atoms with van der Waals surface area (Å²) in [6, 6.07) is 0. The molecule has 2 aliphatic heterocycles. The van der Waals surface area contributed by atoms with E-state index in [1.807, 2.05) is 6.92 Å². The van der Waals surface area contributed by atoms with Gasteiger partial charge in [-0.1, -0.05) is 6.92 Å². The zero-order chi connectivity index (χ0) is 27.9. The number of hydrogen-bond donors (Lipinski definition) is 6. The predicted octanol–water partition coefficient (Wildman–Crippen LogP) is 0.399. The van der Waals surface area contributed by atoms with Crippen molar-refractivity contribution < 1.29 is 49.6 Å². The molecule has 2 heterocycles. The maximum atomic E-state index is 12.4. The number of rotatable bonds is 4. The van der Waals surface area contributed by atoms with Gasteiger partial charge in [0.15, 0.2) is 6.29 Å². The molecule has 4 aliphatic carbocycles. The van der Waals surface area contributed by atoms with Gasteiger partial charge in [0.2, 0.25) is 0 Å². The van der Waals surface area contributed by atoms with E-state index in [2.05, 4.69) is 0 Å². The zero-order valence-corrected chi connectivity index (χ0v) is 22.8. The van der Waals surface area contributed by atoms with Gasteiger partial charge in [0.05, 0.1) is 23.9 Å². The minimum Gasteiger partial charge on any atom is -0.458 e. The van der Waals surface area contributed by atoms with Crippen molar-refractivity contribution in [3.8, 4) is 0 Å². The van der Waals surface area contributed by atoms with Crippen LogP contribution in [0.25, 0.3) is 0 Å². The number of hydrogen-bond acceptors (Lipinski definition) is 10. The Morgan fingerprint density at radius 3 is 2.46 bits per heavy atom. The van der Waals surface area contributed by atoms with Crippen LogP contribution >= 0.6 is 0 Å². The van der Waals surface area contributed by atoms with Gasteiger partial charge in [0, 0.05) is 18.1 Å². The van der Waals surface area contributed by atoms with Gasteiger partial charge in [0.1, 0.15) is 24.9 Å². The van der Waals surface area contributed by atoms with E-state index in [-0.39, 0.29) is 49.0 Å². The fourth-order valence-electron chi connectivity index (χ4n) is 9.90. The van der Waals surface area contributed by atoms with Crippen molar-refractivity contribution in [2.45, 2.75) is 114 Å². The highest BCUT2D eigenvalue weighted by molar-refractivity contribution is 5.85. The fourth-order valence-corrected chi connectivity index (χ4v) is 9.90. The predicted molar refractivity (Wildman–Crippen MR) is 136 cm³/mol.